The summed E-state index contributed by atoms with van der Waals surface area (Å²) in [4.78, 5) is 1.07. The van der Waals surface area contributed by atoms with E-state index in [1.807, 2.05) is 17.5 Å². The Balaban J connectivity index is 2.07. The van der Waals surface area contributed by atoms with Crippen LogP contribution in [-0.2, 0) is 0 Å². The van der Waals surface area contributed by atoms with Crippen LogP contribution in [0.1, 0.15) is 0 Å². The number of aromatic nitrogens is 2. The van der Waals surface area contributed by atoms with Crippen molar-refractivity contribution in [2.75, 3.05) is 5.73 Å². The van der Waals surface area contributed by atoms with Crippen LogP contribution < -0.4 is 5.73 Å². The van der Waals surface area contributed by atoms with Gasteiger partial charge in [0.05, 0.1) is 17.4 Å². The van der Waals surface area contributed by atoms with Crippen molar-refractivity contribution in [3.8, 4) is 16.1 Å². The van der Waals surface area contributed by atoms with Gasteiger partial charge in [-0.25, -0.2) is 9.07 Å². The van der Waals surface area contributed by atoms with E-state index in [0.29, 0.717) is 5.82 Å². The Bertz CT molecular complexity index is 656. The van der Waals surface area contributed by atoms with E-state index in [9.17, 15) is 4.39 Å². The van der Waals surface area contributed by atoms with E-state index in [1.54, 1.807) is 34.3 Å². The molecule has 0 aliphatic heterocycles. The molecule has 2 N–H and O–H groups in total. The van der Waals surface area contributed by atoms with E-state index in [2.05, 4.69) is 5.10 Å². The minimum Gasteiger partial charge on any atom is -0.383 e. The van der Waals surface area contributed by atoms with Crippen LogP contribution in [0.3, 0.4) is 0 Å². The fraction of sp³-hybridized carbons (Fsp3) is 0. The van der Waals surface area contributed by atoms with Gasteiger partial charge in [-0.15, -0.1) is 11.3 Å². The third kappa shape index (κ3) is 1.78. The molecule has 0 aliphatic carbocycles. The molecule has 2 heterocycles. The van der Waals surface area contributed by atoms with Crippen LogP contribution in [0.5, 0.6) is 0 Å². The molecule has 0 radical (unpaired) electrons. The van der Waals surface area contributed by atoms with Crippen molar-refractivity contribution in [2.45, 2.75) is 0 Å². The quantitative estimate of drug-likeness (QED) is 0.767. The Morgan fingerprint density at radius 3 is 2.61 bits per heavy atom. The summed E-state index contributed by atoms with van der Waals surface area (Å²) in [6, 6.07) is 10.0. The smallest absolute Gasteiger partial charge is 0.135 e. The molecule has 0 unspecified atom stereocenters. The van der Waals surface area contributed by atoms with Crippen LogP contribution in [0.25, 0.3) is 16.1 Å². The van der Waals surface area contributed by atoms with E-state index >= 15 is 0 Å². The first kappa shape index (κ1) is 11.0. The molecular formula is C13H10FN3S. The van der Waals surface area contributed by atoms with Crippen molar-refractivity contribution in [3.63, 3.8) is 0 Å². The summed E-state index contributed by atoms with van der Waals surface area (Å²) in [5, 5.41) is 6.24. The fourth-order valence-electron chi connectivity index (χ4n) is 1.77. The Labute approximate surface area is 107 Å². The summed E-state index contributed by atoms with van der Waals surface area (Å²) in [5.74, 6) is 0.284. The highest BCUT2D eigenvalue weighted by atomic mass is 32.1. The molecule has 18 heavy (non-hydrogen) atoms. The lowest BCUT2D eigenvalue weighted by atomic mass is 10.2. The van der Waals surface area contributed by atoms with E-state index < -0.39 is 0 Å². The Hall–Kier alpha value is -2.14. The number of nitrogen functional groups attached to an aromatic ring is 1. The Morgan fingerprint density at radius 1 is 1.17 bits per heavy atom. The molecule has 2 aromatic heterocycles. The minimum atomic E-state index is -0.275. The molecule has 3 nitrogen and oxygen atoms in total. The van der Waals surface area contributed by atoms with E-state index in [0.717, 1.165) is 16.1 Å². The van der Waals surface area contributed by atoms with Crippen LogP contribution in [0, 0.1) is 5.82 Å². The van der Waals surface area contributed by atoms with Gasteiger partial charge in [-0.3, -0.25) is 0 Å². The molecule has 90 valence electrons. The molecule has 0 saturated carbocycles. The molecule has 1 aromatic carbocycles. The first-order valence-electron chi connectivity index (χ1n) is 5.39. The molecule has 0 saturated heterocycles. The maximum atomic E-state index is 12.9. The summed E-state index contributed by atoms with van der Waals surface area (Å²) in [6.45, 7) is 0. The van der Waals surface area contributed by atoms with Gasteiger partial charge in [0.1, 0.15) is 11.6 Å². The average Bonchev–Trinajstić information content (AvgIpc) is 2.99. The number of hydrogen-bond acceptors (Lipinski definition) is 3. The largest absolute Gasteiger partial charge is 0.383 e. The summed E-state index contributed by atoms with van der Waals surface area (Å²) in [6.07, 6.45) is 1.73. The highest BCUT2D eigenvalue weighted by molar-refractivity contribution is 7.13. The fourth-order valence-corrected chi connectivity index (χ4v) is 2.51. The number of hydrogen-bond donors (Lipinski definition) is 1. The number of rotatable bonds is 2. The van der Waals surface area contributed by atoms with Crippen molar-refractivity contribution >= 4 is 17.2 Å². The number of anilines is 1. The van der Waals surface area contributed by atoms with Gasteiger partial charge >= 0.3 is 0 Å². The number of benzene rings is 1. The second-order valence-corrected chi connectivity index (χ2v) is 4.76. The van der Waals surface area contributed by atoms with Crippen molar-refractivity contribution in [3.05, 3.63) is 53.8 Å². The molecule has 0 amide bonds. The first-order valence-corrected chi connectivity index (χ1v) is 6.27. The Morgan fingerprint density at radius 2 is 1.94 bits per heavy atom. The highest BCUT2D eigenvalue weighted by Gasteiger charge is 2.11. The molecule has 0 aliphatic rings. The van der Waals surface area contributed by atoms with Crippen LogP contribution in [0.4, 0.5) is 10.2 Å². The predicted molar refractivity (Wildman–Crippen MR) is 71.2 cm³/mol. The van der Waals surface area contributed by atoms with E-state index in [4.69, 9.17) is 5.73 Å². The molecule has 5 heteroatoms. The summed E-state index contributed by atoms with van der Waals surface area (Å²) in [5.41, 5.74) is 7.72. The van der Waals surface area contributed by atoms with Crippen LogP contribution in [-0.4, -0.2) is 9.78 Å². The summed E-state index contributed by atoms with van der Waals surface area (Å²) >= 11 is 1.61. The van der Waals surface area contributed by atoms with Crippen molar-refractivity contribution in [1.82, 2.24) is 9.78 Å². The molecule has 3 aromatic rings. The monoisotopic (exact) mass is 259 g/mol. The maximum Gasteiger partial charge on any atom is 0.135 e. The summed E-state index contributed by atoms with van der Waals surface area (Å²) < 4.78 is 14.5. The van der Waals surface area contributed by atoms with Gasteiger partial charge in [-0.2, -0.15) is 5.10 Å². The average molecular weight is 259 g/mol. The second-order valence-electron chi connectivity index (χ2n) is 3.81. The number of thiophene rings is 1. The molecule has 0 spiro atoms. The molecule has 0 bridgehead atoms. The first-order chi connectivity index (χ1) is 8.75. The number of halogens is 1. The van der Waals surface area contributed by atoms with Gasteiger partial charge in [-0.05, 0) is 35.7 Å². The van der Waals surface area contributed by atoms with Gasteiger partial charge in [0.25, 0.3) is 0 Å². The zero-order valence-electron chi connectivity index (χ0n) is 9.38. The third-order valence-electron chi connectivity index (χ3n) is 2.66. The molecular weight excluding hydrogens is 249 g/mol. The lowest BCUT2D eigenvalue weighted by Crippen LogP contribution is -2.02. The maximum absolute atomic E-state index is 12.9. The molecule has 0 atom stereocenters. The van der Waals surface area contributed by atoms with Crippen molar-refractivity contribution < 1.29 is 4.39 Å². The Kier molecular flexibility index (Phi) is 2.60. The summed E-state index contributed by atoms with van der Waals surface area (Å²) in [7, 11) is 0. The number of nitrogens with two attached hydrogens (primary N) is 1. The highest BCUT2D eigenvalue weighted by Crippen LogP contribution is 2.30. The van der Waals surface area contributed by atoms with Gasteiger partial charge < -0.3 is 5.73 Å². The van der Waals surface area contributed by atoms with Crippen LogP contribution >= 0.6 is 11.3 Å². The second kappa shape index (κ2) is 4.27. The van der Waals surface area contributed by atoms with Gasteiger partial charge in [0, 0.05) is 4.88 Å². The third-order valence-corrected chi connectivity index (χ3v) is 3.57. The molecule has 3 rings (SSSR count). The lowest BCUT2D eigenvalue weighted by Gasteiger charge is -2.04. The standard InChI is InChI=1S/C13H10FN3S/c14-9-3-5-10(6-4-9)17-13(15)11(8-16-17)12-2-1-7-18-12/h1-8H,15H2. The zero-order valence-corrected chi connectivity index (χ0v) is 10.2. The van der Waals surface area contributed by atoms with Gasteiger partial charge in [0.2, 0.25) is 0 Å². The predicted octanol–water partition coefficient (Wildman–Crippen LogP) is 3.32. The van der Waals surface area contributed by atoms with Crippen molar-refractivity contribution in [1.29, 1.82) is 0 Å². The molecule has 0 fully saturated rings. The normalized spacial score (nSPS) is 10.7. The van der Waals surface area contributed by atoms with E-state index in [1.165, 1.54) is 12.1 Å². The van der Waals surface area contributed by atoms with Gasteiger partial charge in [0.15, 0.2) is 0 Å². The van der Waals surface area contributed by atoms with Crippen molar-refractivity contribution in [2.24, 2.45) is 0 Å². The minimum absolute atomic E-state index is 0.275. The van der Waals surface area contributed by atoms with Crippen LogP contribution in [0.15, 0.2) is 48.0 Å². The van der Waals surface area contributed by atoms with Crippen LogP contribution in [0.2, 0.25) is 0 Å². The topological polar surface area (TPSA) is 43.8 Å². The zero-order chi connectivity index (χ0) is 12.5. The number of nitrogens with zero attached hydrogens (tertiary/aromatic N) is 2. The van der Waals surface area contributed by atoms with Gasteiger partial charge in [-0.1, -0.05) is 6.07 Å². The SMILES string of the molecule is Nc1c(-c2cccs2)cnn1-c1ccc(F)cc1. The lowest BCUT2D eigenvalue weighted by molar-refractivity contribution is 0.627. The van der Waals surface area contributed by atoms with E-state index in [-0.39, 0.29) is 5.82 Å².